The van der Waals surface area contributed by atoms with E-state index in [0.29, 0.717) is 23.4 Å². The van der Waals surface area contributed by atoms with Crippen molar-refractivity contribution in [2.45, 2.75) is 57.2 Å². The number of anilines is 2. The third kappa shape index (κ3) is 5.43. The summed E-state index contributed by atoms with van der Waals surface area (Å²) in [5, 5.41) is 2.30. The molecule has 1 fully saturated rings. The van der Waals surface area contributed by atoms with E-state index in [2.05, 4.69) is 29.6 Å². The highest BCUT2D eigenvalue weighted by Gasteiger charge is 2.36. The van der Waals surface area contributed by atoms with Gasteiger partial charge in [0.15, 0.2) is 0 Å². The first-order valence-electron chi connectivity index (χ1n) is 12.6. The monoisotopic (exact) mass is 512 g/mol. The molecule has 8 heteroatoms. The molecule has 37 heavy (non-hydrogen) atoms. The maximum absolute atomic E-state index is 13.5. The zero-order chi connectivity index (χ0) is 26.2. The SMILES string of the molecule is CC1CN(C(=O)Nc2ccc(F)cc2C(F)(F)F)c2ccc(-c3ccc(C4CCCCC4)cc3)cc2O1. The second-order valence-corrected chi connectivity index (χ2v) is 9.80. The Morgan fingerprint density at radius 2 is 1.65 bits per heavy atom. The predicted octanol–water partition coefficient (Wildman–Crippen LogP) is 8.38. The van der Waals surface area contributed by atoms with Crippen molar-refractivity contribution in [2.24, 2.45) is 0 Å². The maximum atomic E-state index is 13.5. The van der Waals surface area contributed by atoms with Gasteiger partial charge in [0.1, 0.15) is 17.7 Å². The number of nitrogens with zero attached hydrogens (tertiary/aromatic N) is 1. The van der Waals surface area contributed by atoms with Crippen molar-refractivity contribution >= 4 is 17.4 Å². The highest BCUT2D eigenvalue weighted by atomic mass is 19.4. The number of halogens is 4. The Balaban J connectivity index is 1.38. The Labute approximate surface area is 213 Å². The molecule has 0 spiro atoms. The summed E-state index contributed by atoms with van der Waals surface area (Å²) < 4.78 is 59.7. The molecule has 0 bridgehead atoms. The van der Waals surface area contributed by atoms with Crippen LogP contribution in [0.5, 0.6) is 5.75 Å². The zero-order valence-corrected chi connectivity index (χ0v) is 20.4. The van der Waals surface area contributed by atoms with E-state index in [4.69, 9.17) is 4.74 Å². The second kappa shape index (κ2) is 10.1. The molecule has 1 unspecified atom stereocenters. The number of amides is 2. The minimum atomic E-state index is -4.82. The second-order valence-electron chi connectivity index (χ2n) is 9.80. The van der Waals surface area contributed by atoms with Gasteiger partial charge in [-0.2, -0.15) is 13.2 Å². The van der Waals surface area contributed by atoms with Gasteiger partial charge < -0.3 is 10.1 Å². The molecular formula is C29H28F4N2O2. The summed E-state index contributed by atoms with van der Waals surface area (Å²) in [7, 11) is 0. The zero-order valence-electron chi connectivity index (χ0n) is 20.4. The molecule has 1 saturated carbocycles. The van der Waals surface area contributed by atoms with Crippen LogP contribution >= 0.6 is 0 Å². The molecule has 1 N–H and O–H groups in total. The van der Waals surface area contributed by atoms with Gasteiger partial charge in [0.2, 0.25) is 0 Å². The third-order valence-corrected chi connectivity index (χ3v) is 7.11. The number of carbonyl (C=O) groups excluding carboxylic acids is 1. The fourth-order valence-corrected chi connectivity index (χ4v) is 5.24. The average Bonchev–Trinajstić information content (AvgIpc) is 2.89. The molecular weight excluding hydrogens is 484 g/mol. The molecule has 5 rings (SSSR count). The molecule has 1 atom stereocenters. The molecule has 2 amide bonds. The fraction of sp³-hybridized carbons (Fsp3) is 0.345. The maximum Gasteiger partial charge on any atom is 0.418 e. The number of rotatable bonds is 3. The van der Waals surface area contributed by atoms with Crippen LogP contribution in [0.4, 0.5) is 33.7 Å². The molecule has 3 aromatic rings. The molecule has 0 saturated heterocycles. The van der Waals surface area contributed by atoms with Crippen molar-refractivity contribution in [3.8, 4) is 16.9 Å². The number of carbonyl (C=O) groups is 1. The van der Waals surface area contributed by atoms with Crippen LogP contribution in [0.15, 0.2) is 60.7 Å². The number of ether oxygens (including phenoxy) is 1. The van der Waals surface area contributed by atoms with Crippen molar-refractivity contribution in [3.63, 3.8) is 0 Å². The quantitative estimate of drug-likeness (QED) is 0.358. The topological polar surface area (TPSA) is 41.6 Å². The lowest BCUT2D eigenvalue weighted by molar-refractivity contribution is -0.137. The minimum Gasteiger partial charge on any atom is -0.487 e. The van der Waals surface area contributed by atoms with Gasteiger partial charge in [-0.25, -0.2) is 9.18 Å². The molecule has 1 heterocycles. The number of fused-ring (bicyclic) bond motifs is 1. The van der Waals surface area contributed by atoms with Gasteiger partial charge in [-0.05, 0) is 72.7 Å². The highest BCUT2D eigenvalue weighted by Crippen LogP contribution is 2.40. The van der Waals surface area contributed by atoms with Gasteiger partial charge in [0.25, 0.3) is 0 Å². The van der Waals surface area contributed by atoms with Crippen LogP contribution in [0.1, 0.15) is 56.1 Å². The molecule has 1 aliphatic heterocycles. The van der Waals surface area contributed by atoms with E-state index in [0.717, 1.165) is 23.3 Å². The van der Waals surface area contributed by atoms with Gasteiger partial charge in [-0.3, -0.25) is 4.90 Å². The van der Waals surface area contributed by atoms with E-state index in [-0.39, 0.29) is 12.6 Å². The molecule has 1 aliphatic carbocycles. The minimum absolute atomic E-state index is 0.150. The van der Waals surface area contributed by atoms with Crippen molar-refractivity contribution in [2.75, 3.05) is 16.8 Å². The largest absolute Gasteiger partial charge is 0.487 e. The van der Waals surface area contributed by atoms with Gasteiger partial charge in [-0.15, -0.1) is 0 Å². The van der Waals surface area contributed by atoms with Crippen LogP contribution in [0.2, 0.25) is 0 Å². The van der Waals surface area contributed by atoms with E-state index in [9.17, 15) is 22.4 Å². The summed E-state index contributed by atoms with van der Waals surface area (Å²) in [4.78, 5) is 14.4. The first-order chi connectivity index (χ1) is 17.7. The van der Waals surface area contributed by atoms with Crippen molar-refractivity contribution in [1.29, 1.82) is 0 Å². The van der Waals surface area contributed by atoms with Crippen LogP contribution in [0, 0.1) is 5.82 Å². The number of hydrogen-bond donors (Lipinski definition) is 1. The Kier molecular flexibility index (Phi) is 6.84. The summed E-state index contributed by atoms with van der Waals surface area (Å²) in [6.07, 6.45) is 1.12. The van der Waals surface area contributed by atoms with E-state index in [1.165, 1.54) is 42.6 Å². The summed E-state index contributed by atoms with van der Waals surface area (Å²) >= 11 is 0. The lowest BCUT2D eigenvalue weighted by atomic mass is 9.84. The van der Waals surface area contributed by atoms with Crippen molar-refractivity contribution < 1.29 is 27.1 Å². The van der Waals surface area contributed by atoms with Crippen LogP contribution < -0.4 is 15.0 Å². The van der Waals surface area contributed by atoms with Gasteiger partial charge >= 0.3 is 12.2 Å². The Morgan fingerprint density at radius 1 is 0.946 bits per heavy atom. The predicted molar refractivity (Wildman–Crippen MR) is 136 cm³/mol. The summed E-state index contributed by atoms with van der Waals surface area (Å²) in [6.45, 7) is 1.94. The normalized spacial score (nSPS) is 18.2. The number of benzene rings is 3. The lowest BCUT2D eigenvalue weighted by Gasteiger charge is -2.34. The number of urea groups is 1. The third-order valence-electron chi connectivity index (χ3n) is 7.11. The van der Waals surface area contributed by atoms with E-state index < -0.39 is 29.3 Å². The van der Waals surface area contributed by atoms with Crippen molar-refractivity contribution in [1.82, 2.24) is 0 Å². The first-order valence-corrected chi connectivity index (χ1v) is 12.6. The average molecular weight is 513 g/mol. The Morgan fingerprint density at radius 3 is 2.35 bits per heavy atom. The summed E-state index contributed by atoms with van der Waals surface area (Å²) in [5.41, 5.74) is 1.99. The smallest absolute Gasteiger partial charge is 0.418 e. The van der Waals surface area contributed by atoms with Crippen LogP contribution in [-0.4, -0.2) is 18.7 Å². The van der Waals surface area contributed by atoms with Crippen LogP contribution in [0.3, 0.4) is 0 Å². The van der Waals surface area contributed by atoms with Crippen LogP contribution in [0.25, 0.3) is 11.1 Å². The Hall–Kier alpha value is -3.55. The number of alkyl halides is 3. The summed E-state index contributed by atoms with van der Waals surface area (Å²) in [5.74, 6) is 0.0504. The molecule has 2 aliphatic rings. The first kappa shape index (κ1) is 25.1. The summed E-state index contributed by atoms with van der Waals surface area (Å²) in [6, 6.07) is 15.4. The standard InChI is InChI=1S/C29H28F4N2O2/c1-18-17-35(28(36)34-25-13-12-23(30)16-24(25)29(31,32)33)26-14-11-22(15-27(26)37-18)21-9-7-20(8-10-21)19-5-3-2-4-6-19/h7-16,18-19H,2-6,17H2,1H3,(H,34,36). The van der Waals surface area contributed by atoms with E-state index in [1.807, 2.05) is 12.1 Å². The van der Waals surface area contributed by atoms with Crippen LogP contribution in [-0.2, 0) is 6.18 Å². The van der Waals surface area contributed by atoms with Crippen molar-refractivity contribution in [3.05, 3.63) is 77.6 Å². The lowest BCUT2D eigenvalue weighted by Crippen LogP contribution is -2.44. The molecule has 4 nitrogen and oxygen atoms in total. The van der Waals surface area contributed by atoms with E-state index in [1.54, 1.807) is 13.0 Å². The number of hydrogen-bond acceptors (Lipinski definition) is 2. The molecule has 194 valence electrons. The molecule has 0 aromatic heterocycles. The van der Waals surface area contributed by atoms with Gasteiger partial charge in [0.05, 0.1) is 23.5 Å². The fourth-order valence-electron chi connectivity index (χ4n) is 5.24. The Bertz CT molecular complexity index is 1280. The van der Waals surface area contributed by atoms with Gasteiger partial charge in [-0.1, -0.05) is 49.6 Å². The number of nitrogens with one attached hydrogen (secondary N) is 1. The van der Waals surface area contributed by atoms with E-state index >= 15 is 0 Å². The molecule has 0 radical (unpaired) electrons. The highest BCUT2D eigenvalue weighted by molar-refractivity contribution is 6.03. The molecule has 3 aromatic carbocycles. The van der Waals surface area contributed by atoms with Gasteiger partial charge in [0, 0.05) is 0 Å².